The van der Waals surface area contributed by atoms with Crippen LogP contribution in [0.2, 0.25) is 5.02 Å². The van der Waals surface area contributed by atoms with Crippen LogP contribution in [0.1, 0.15) is 34.3 Å². The Balaban J connectivity index is 1.50. The molecule has 0 saturated carbocycles. The summed E-state index contributed by atoms with van der Waals surface area (Å²) in [5.74, 6) is -0.609. The van der Waals surface area contributed by atoms with Gasteiger partial charge in [-0.2, -0.15) is 4.31 Å². The molecule has 1 amide bonds. The molecule has 0 spiro atoms. The van der Waals surface area contributed by atoms with Gasteiger partial charge in [0.15, 0.2) is 0 Å². The van der Waals surface area contributed by atoms with Crippen molar-refractivity contribution in [3.63, 3.8) is 0 Å². The third-order valence-electron chi connectivity index (χ3n) is 6.07. The number of halogens is 1. The molecule has 1 aliphatic heterocycles. The van der Waals surface area contributed by atoms with E-state index in [-0.39, 0.29) is 20.4 Å². The molecule has 4 rings (SSSR count). The first-order valence-corrected chi connectivity index (χ1v) is 14.6. The van der Waals surface area contributed by atoms with Crippen LogP contribution < -0.4 is 10.0 Å². The van der Waals surface area contributed by atoms with Crippen LogP contribution in [0.25, 0.3) is 0 Å². The fraction of sp³-hybridized carbons (Fsp3) is 0.240. The molecule has 36 heavy (non-hydrogen) atoms. The zero-order valence-corrected chi connectivity index (χ0v) is 22.2. The second-order valence-electron chi connectivity index (χ2n) is 8.64. The van der Waals surface area contributed by atoms with E-state index < -0.39 is 26.0 Å². The topological polar surface area (TPSA) is 113 Å². The molecule has 0 aliphatic carbocycles. The van der Waals surface area contributed by atoms with E-state index in [2.05, 4.69) is 10.0 Å². The molecule has 1 fully saturated rings. The molecule has 0 aromatic heterocycles. The molecule has 1 heterocycles. The molecule has 3 aromatic carbocycles. The minimum absolute atomic E-state index is 0.00203. The zero-order chi connectivity index (χ0) is 26.1. The van der Waals surface area contributed by atoms with E-state index in [9.17, 15) is 21.6 Å². The van der Waals surface area contributed by atoms with Crippen molar-refractivity contribution in [2.45, 2.75) is 36.5 Å². The number of nitrogens with one attached hydrogen (secondary N) is 2. The smallest absolute Gasteiger partial charge is 0.261 e. The van der Waals surface area contributed by atoms with E-state index in [1.165, 1.54) is 46.8 Å². The summed E-state index contributed by atoms with van der Waals surface area (Å²) in [5.41, 5.74) is 2.80. The summed E-state index contributed by atoms with van der Waals surface area (Å²) in [6.07, 6.45) is 1.60. The molecular formula is C25H26ClN3O5S2. The number of nitrogens with zero attached hydrogens (tertiary/aromatic N) is 1. The van der Waals surface area contributed by atoms with Crippen molar-refractivity contribution in [1.29, 1.82) is 0 Å². The summed E-state index contributed by atoms with van der Waals surface area (Å²) in [5, 5.41) is 2.74. The van der Waals surface area contributed by atoms with Crippen LogP contribution in [-0.4, -0.2) is 40.1 Å². The lowest BCUT2D eigenvalue weighted by Gasteiger charge is -2.16. The van der Waals surface area contributed by atoms with Crippen LogP contribution in [-0.2, 0) is 20.0 Å². The van der Waals surface area contributed by atoms with Gasteiger partial charge in [0.1, 0.15) is 0 Å². The monoisotopic (exact) mass is 547 g/mol. The van der Waals surface area contributed by atoms with E-state index >= 15 is 0 Å². The van der Waals surface area contributed by atoms with E-state index in [1.54, 1.807) is 12.1 Å². The second-order valence-corrected chi connectivity index (χ2v) is 12.7. The van der Waals surface area contributed by atoms with Crippen LogP contribution in [0.15, 0.2) is 70.5 Å². The summed E-state index contributed by atoms with van der Waals surface area (Å²) in [6.45, 7) is 4.73. The van der Waals surface area contributed by atoms with Gasteiger partial charge in [-0.05, 0) is 92.4 Å². The second kappa shape index (κ2) is 10.2. The highest BCUT2D eigenvalue weighted by Gasteiger charge is 2.28. The molecule has 1 saturated heterocycles. The minimum atomic E-state index is -3.83. The Labute approximate surface area is 216 Å². The van der Waals surface area contributed by atoms with Gasteiger partial charge in [0, 0.05) is 24.5 Å². The SMILES string of the molecule is Cc1ccc(NS(=O)(=O)c2ccc(NC(=O)c3cc(S(=O)(=O)N4CCCC4)ccc3Cl)cc2)cc1C. The van der Waals surface area contributed by atoms with Crippen molar-refractivity contribution in [3.8, 4) is 0 Å². The van der Waals surface area contributed by atoms with E-state index in [0.717, 1.165) is 24.0 Å². The highest BCUT2D eigenvalue weighted by molar-refractivity contribution is 7.92. The van der Waals surface area contributed by atoms with Crippen molar-refractivity contribution in [2.24, 2.45) is 0 Å². The first kappa shape index (κ1) is 26.2. The lowest BCUT2D eigenvalue weighted by Crippen LogP contribution is -2.28. The number of anilines is 2. The largest absolute Gasteiger partial charge is 0.322 e. The van der Waals surface area contributed by atoms with Gasteiger partial charge < -0.3 is 5.32 Å². The number of rotatable bonds is 7. The van der Waals surface area contributed by atoms with Gasteiger partial charge in [-0.3, -0.25) is 9.52 Å². The molecule has 190 valence electrons. The van der Waals surface area contributed by atoms with Crippen LogP contribution in [0, 0.1) is 13.8 Å². The van der Waals surface area contributed by atoms with E-state index in [0.29, 0.717) is 24.5 Å². The predicted octanol–water partition coefficient (Wildman–Crippen LogP) is 4.79. The summed E-state index contributed by atoms with van der Waals surface area (Å²) < 4.78 is 55.2. The molecule has 0 bridgehead atoms. The summed E-state index contributed by atoms with van der Waals surface area (Å²) >= 11 is 6.19. The molecule has 0 unspecified atom stereocenters. The van der Waals surface area contributed by atoms with Crippen molar-refractivity contribution in [3.05, 3.63) is 82.4 Å². The maximum absolute atomic E-state index is 12.9. The Morgan fingerprint density at radius 2 is 1.42 bits per heavy atom. The van der Waals surface area contributed by atoms with Gasteiger partial charge in [0.2, 0.25) is 10.0 Å². The Morgan fingerprint density at radius 3 is 2.06 bits per heavy atom. The molecular weight excluding hydrogens is 522 g/mol. The number of sulfonamides is 2. The summed E-state index contributed by atoms with van der Waals surface area (Å²) in [4.78, 5) is 12.9. The Bertz CT molecular complexity index is 1520. The van der Waals surface area contributed by atoms with Crippen molar-refractivity contribution in [1.82, 2.24) is 4.31 Å². The Hall–Kier alpha value is -2.92. The number of hydrogen-bond donors (Lipinski definition) is 2. The van der Waals surface area contributed by atoms with Crippen molar-refractivity contribution in [2.75, 3.05) is 23.1 Å². The number of hydrogen-bond acceptors (Lipinski definition) is 5. The van der Waals surface area contributed by atoms with E-state index in [1.807, 2.05) is 19.9 Å². The molecule has 3 aromatic rings. The molecule has 11 heteroatoms. The molecule has 0 radical (unpaired) electrons. The quantitative estimate of drug-likeness (QED) is 0.441. The minimum Gasteiger partial charge on any atom is -0.322 e. The van der Waals surface area contributed by atoms with Gasteiger partial charge in [-0.15, -0.1) is 0 Å². The molecule has 1 aliphatic rings. The fourth-order valence-corrected chi connectivity index (χ4v) is 6.65. The lowest BCUT2D eigenvalue weighted by molar-refractivity contribution is 0.102. The van der Waals surface area contributed by atoms with Crippen LogP contribution >= 0.6 is 11.6 Å². The molecule has 8 nitrogen and oxygen atoms in total. The predicted molar refractivity (Wildman–Crippen MR) is 141 cm³/mol. The van der Waals surface area contributed by atoms with Gasteiger partial charge in [-0.25, -0.2) is 16.8 Å². The van der Waals surface area contributed by atoms with E-state index in [4.69, 9.17) is 11.6 Å². The number of aryl methyl sites for hydroxylation is 2. The first-order chi connectivity index (χ1) is 17.0. The summed E-state index contributed by atoms with van der Waals surface area (Å²) in [6, 6.07) is 14.9. The van der Waals surface area contributed by atoms with Gasteiger partial charge in [-0.1, -0.05) is 17.7 Å². The van der Waals surface area contributed by atoms with Gasteiger partial charge >= 0.3 is 0 Å². The Kier molecular flexibility index (Phi) is 7.42. The average molecular weight is 548 g/mol. The fourth-order valence-electron chi connectivity index (χ4n) is 3.85. The first-order valence-electron chi connectivity index (χ1n) is 11.3. The normalized spacial score (nSPS) is 14.5. The summed E-state index contributed by atoms with van der Waals surface area (Å²) in [7, 11) is -7.55. The van der Waals surface area contributed by atoms with Gasteiger partial charge in [0.25, 0.3) is 15.9 Å². The molecule has 0 atom stereocenters. The van der Waals surface area contributed by atoms with Crippen molar-refractivity contribution < 1.29 is 21.6 Å². The molecule has 2 N–H and O–H groups in total. The highest BCUT2D eigenvalue weighted by atomic mass is 35.5. The Morgan fingerprint density at radius 1 is 0.806 bits per heavy atom. The number of carbonyl (C=O) groups is 1. The number of amides is 1. The zero-order valence-electron chi connectivity index (χ0n) is 19.8. The third-order valence-corrected chi connectivity index (χ3v) is 9.69. The number of benzene rings is 3. The lowest BCUT2D eigenvalue weighted by atomic mass is 10.1. The highest BCUT2D eigenvalue weighted by Crippen LogP contribution is 2.26. The van der Waals surface area contributed by atoms with Gasteiger partial charge in [0.05, 0.1) is 20.4 Å². The average Bonchev–Trinajstić information content (AvgIpc) is 3.38. The standard InChI is InChI=1S/C25H26ClN3O5S2/c1-17-5-6-20(15-18(17)2)28-35(31,32)21-9-7-19(8-10-21)27-25(30)23-16-22(11-12-24(23)26)36(33,34)29-13-3-4-14-29/h5-12,15-16,28H,3-4,13-14H2,1-2H3,(H,27,30). The van der Waals surface area contributed by atoms with Crippen LogP contribution in [0.4, 0.5) is 11.4 Å². The number of carbonyl (C=O) groups excluding carboxylic acids is 1. The maximum atomic E-state index is 12.9. The maximum Gasteiger partial charge on any atom is 0.261 e. The third kappa shape index (κ3) is 5.57. The van der Waals surface area contributed by atoms with Crippen LogP contribution in [0.5, 0.6) is 0 Å². The van der Waals surface area contributed by atoms with Crippen LogP contribution in [0.3, 0.4) is 0 Å². The van der Waals surface area contributed by atoms with Crippen molar-refractivity contribution >= 4 is 48.9 Å².